The van der Waals surface area contributed by atoms with Gasteiger partial charge in [-0.1, -0.05) is 6.92 Å². The maximum absolute atomic E-state index is 5.71. The molecule has 2 saturated heterocycles. The Hall–Kier alpha value is -0.120. The first-order chi connectivity index (χ1) is 7.40. The van der Waals surface area contributed by atoms with E-state index in [2.05, 4.69) is 17.1 Å². The number of piperidine rings is 1. The molecular formula is C12H24N2O. The van der Waals surface area contributed by atoms with Crippen LogP contribution in [-0.2, 0) is 4.74 Å². The van der Waals surface area contributed by atoms with Crippen LogP contribution in [-0.4, -0.2) is 49.8 Å². The summed E-state index contributed by atoms with van der Waals surface area (Å²) >= 11 is 0. The molecule has 88 valence electrons. The number of hydrogen-bond acceptors (Lipinski definition) is 3. The van der Waals surface area contributed by atoms with Gasteiger partial charge in [-0.25, -0.2) is 0 Å². The molecule has 2 rings (SSSR count). The average Bonchev–Trinajstić information content (AvgIpc) is 2.80. The normalized spacial score (nSPS) is 32.4. The standard InChI is InChI=1S/C12H24N2O/c1-2-14(10-12-6-4-8-15-12)11-5-3-7-13-9-11/h11-13H,2-10H2,1H3. The van der Waals surface area contributed by atoms with Crippen LogP contribution in [0.15, 0.2) is 0 Å². The van der Waals surface area contributed by atoms with Crippen LogP contribution in [0.25, 0.3) is 0 Å². The van der Waals surface area contributed by atoms with Crippen molar-refractivity contribution in [1.29, 1.82) is 0 Å². The van der Waals surface area contributed by atoms with Crippen LogP contribution >= 0.6 is 0 Å². The monoisotopic (exact) mass is 212 g/mol. The zero-order valence-corrected chi connectivity index (χ0v) is 9.87. The summed E-state index contributed by atoms with van der Waals surface area (Å²) in [6.07, 6.45) is 5.70. The van der Waals surface area contributed by atoms with E-state index in [9.17, 15) is 0 Å². The van der Waals surface area contributed by atoms with Gasteiger partial charge in [0.25, 0.3) is 0 Å². The van der Waals surface area contributed by atoms with Crippen molar-refractivity contribution in [3.05, 3.63) is 0 Å². The van der Waals surface area contributed by atoms with E-state index in [1.807, 2.05) is 0 Å². The van der Waals surface area contributed by atoms with Gasteiger partial charge >= 0.3 is 0 Å². The fourth-order valence-electron chi connectivity index (χ4n) is 2.73. The second kappa shape index (κ2) is 5.83. The van der Waals surface area contributed by atoms with Gasteiger partial charge in [0.15, 0.2) is 0 Å². The zero-order valence-electron chi connectivity index (χ0n) is 9.87. The molecule has 0 saturated carbocycles. The molecule has 3 heteroatoms. The lowest BCUT2D eigenvalue weighted by Gasteiger charge is -2.35. The Bertz CT molecular complexity index is 174. The van der Waals surface area contributed by atoms with Crippen molar-refractivity contribution >= 4 is 0 Å². The smallest absolute Gasteiger partial charge is 0.0702 e. The topological polar surface area (TPSA) is 24.5 Å². The van der Waals surface area contributed by atoms with Gasteiger partial charge in [0, 0.05) is 25.7 Å². The lowest BCUT2D eigenvalue weighted by molar-refractivity contribution is 0.0539. The van der Waals surface area contributed by atoms with E-state index in [1.54, 1.807) is 0 Å². The first-order valence-electron chi connectivity index (χ1n) is 6.46. The lowest BCUT2D eigenvalue weighted by Crippen LogP contribution is -2.48. The van der Waals surface area contributed by atoms with Crippen molar-refractivity contribution in [1.82, 2.24) is 10.2 Å². The minimum Gasteiger partial charge on any atom is -0.377 e. The van der Waals surface area contributed by atoms with Crippen molar-refractivity contribution in [2.24, 2.45) is 0 Å². The largest absolute Gasteiger partial charge is 0.377 e. The molecule has 0 aromatic rings. The molecule has 2 fully saturated rings. The molecule has 0 aromatic carbocycles. The Morgan fingerprint density at radius 3 is 2.87 bits per heavy atom. The summed E-state index contributed by atoms with van der Waals surface area (Å²) in [6.45, 7) is 7.91. The first kappa shape index (κ1) is 11.4. The number of rotatable bonds is 4. The number of nitrogens with one attached hydrogen (secondary N) is 1. The molecule has 1 N–H and O–H groups in total. The Kier molecular flexibility index (Phi) is 4.42. The minimum atomic E-state index is 0.506. The predicted molar refractivity (Wildman–Crippen MR) is 62.1 cm³/mol. The SMILES string of the molecule is CCN(CC1CCCO1)C1CCCNC1. The van der Waals surface area contributed by atoms with Crippen LogP contribution in [0.5, 0.6) is 0 Å². The maximum atomic E-state index is 5.71. The highest BCUT2D eigenvalue weighted by atomic mass is 16.5. The van der Waals surface area contributed by atoms with Gasteiger partial charge in [0.1, 0.15) is 0 Å². The van der Waals surface area contributed by atoms with Crippen LogP contribution in [0.3, 0.4) is 0 Å². The molecule has 0 radical (unpaired) electrons. The number of likely N-dealkylation sites (N-methyl/N-ethyl adjacent to an activating group) is 1. The summed E-state index contributed by atoms with van der Waals surface area (Å²) in [5.41, 5.74) is 0. The zero-order chi connectivity index (χ0) is 10.5. The van der Waals surface area contributed by atoms with Gasteiger partial charge in [-0.2, -0.15) is 0 Å². The van der Waals surface area contributed by atoms with E-state index in [1.165, 1.54) is 38.8 Å². The van der Waals surface area contributed by atoms with Crippen LogP contribution in [0, 0.1) is 0 Å². The molecule has 2 heterocycles. The third-order valence-electron chi connectivity index (χ3n) is 3.66. The Morgan fingerprint density at radius 1 is 1.33 bits per heavy atom. The Balaban J connectivity index is 1.79. The van der Waals surface area contributed by atoms with Gasteiger partial charge in [0.05, 0.1) is 6.10 Å². The van der Waals surface area contributed by atoms with Crippen molar-refractivity contribution in [2.75, 3.05) is 32.8 Å². The van der Waals surface area contributed by atoms with Gasteiger partial charge in [-0.3, -0.25) is 4.90 Å². The molecule has 3 nitrogen and oxygen atoms in total. The predicted octanol–water partition coefficient (Wildman–Crippen LogP) is 1.24. The van der Waals surface area contributed by atoms with Crippen LogP contribution in [0.1, 0.15) is 32.6 Å². The summed E-state index contributed by atoms with van der Waals surface area (Å²) in [7, 11) is 0. The fourth-order valence-corrected chi connectivity index (χ4v) is 2.73. The summed E-state index contributed by atoms with van der Waals surface area (Å²) in [5.74, 6) is 0. The lowest BCUT2D eigenvalue weighted by atomic mass is 10.1. The van der Waals surface area contributed by atoms with Crippen molar-refractivity contribution in [3.8, 4) is 0 Å². The molecule has 15 heavy (non-hydrogen) atoms. The van der Waals surface area contributed by atoms with Crippen LogP contribution in [0.4, 0.5) is 0 Å². The van der Waals surface area contributed by atoms with Crippen LogP contribution < -0.4 is 5.32 Å². The molecule has 0 aromatic heterocycles. The third-order valence-corrected chi connectivity index (χ3v) is 3.66. The molecular weight excluding hydrogens is 188 g/mol. The van der Waals surface area contributed by atoms with E-state index in [0.717, 1.165) is 25.7 Å². The van der Waals surface area contributed by atoms with E-state index in [0.29, 0.717) is 6.10 Å². The van der Waals surface area contributed by atoms with E-state index in [4.69, 9.17) is 4.74 Å². The second-order valence-corrected chi connectivity index (χ2v) is 4.72. The first-order valence-corrected chi connectivity index (χ1v) is 6.46. The van der Waals surface area contributed by atoms with Crippen molar-refractivity contribution in [3.63, 3.8) is 0 Å². The van der Waals surface area contributed by atoms with Crippen LogP contribution in [0.2, 0.25) is 0 Å². The third kappa shape index (κ3) is 3.16. The molecule has 0 spiro atoms. The number of ether oxygens (including phenoxy) is 1. The van der Waals surface area contributed by atoms with Crippen molar-refractivity contribution in [2.45, 2.75) is 44.8 Å². The summed E-state index contributed by atoms with van der Waals surface area (Å²) < 4.78 is 5.71. The summed E-state index contributed by atoms with van der Waals surface area (Å²) in [5, 5.41) is 3.49. The highest BCUT2D eigenvalue weighted by Crippen LogP contribution is 2.17. The van der Waals surface area contributed by atoms with Crippen molar-refractivity contribution < 1.29 is 4.74 Å². The van der Waals surface area contributed by atoms with Gasteiger partial charge in [0.2, 0.25) is 0 Å². The quantitative estimate of drug-likeness (QED) is 0.759. The van der Waals surface area contributed by atoms with Gasteiger partial charge < -0.3 is 10.1 Å². The highest BCUT2D eigenvalue weighted by molar-refractivity contribution is 4.80. The summed E-state index contributed by atoms with van der Waals surface area (Å²) in [4.78, 5) is 2.60. The average molecular weight is 212 g/mol. The van der Waals surface area contributed by atoms with Gasteiger partial charge in [-0.15, -0.1) is 0 Å². The minimum absolute atomic E-state index is 0.506. The molecule has 0 aliphatic carbocycles. The Morgan fingerprint density at radius 2 is 2.27 bits per heavy atom. The molecule has 2 unspecified atom stereocenters. The molecule has 0 amide bonds. The maximum Gasteiger partial charge on any atom is 0.0702 e. The molecule has 2 atom stereocenters. The molecule has 0 bridgehead atoms. The van der Waals surface area contributed by atoms with E-state index < -0.39 is 0 Å². The van der Waals surface area contributed by atoms with E-state index >= 15 is 0 Å². The fraction of sp³-hybridized carbons (Fsp3) is 1.00. The molecule has 2 aliphatic rings. The molecule has 2 aliphatic heterocycles. The highest BCUT2D eigenvalue weighted by Gasteiger charge is 2.24. The number of nitrogens with zero attached hydrogens (tertiary/aromatic N) is 1. The summed E-state index contributed by atoms with van der Waals surface area (Å²) in [6, 6.07) is 0.743. The van der Waals surface area contributed by atoms with E-state index in [-0.39, 0.29) is 0 Å². The Labute approximate surface area is 93.2 Å². The second-order valence-electron chi connectivity index (χ2n) is 4.72. The van der Waals surface area contributed by atoms with Gasteiger partial charge in [-0.05, 0) is 38.8 Å². The number of hydrogen-bond donors (Lipinski definition) is 1.